The van der Waals surface area contributed by atoms with Crippen molar-refractivity contribution in [2.24, 2.45) is 7.05 Å². The number of methoxy groups -OCH3 is 2. The maximum atomic E-state index is 12.5. The van der Waals surface area contributed by atoms with Crippen molar-refractivity contribution in [3.05, 3.63) is 50.4 Å². The highest BCUT2D eigenvalue weighted by Gasteiger charge is 2.20. The molecule has 3 heterocycles. The number of aromatic nitrogens is 5. The summed E-state index contributed by atoms with van der Waals surface area (Å²) < 4.78 is 15.9. The van der Waals surface area contributed by atoms with Gasteiger partial charge in [0.2, 0.25) is 5.78 Å². The van der Waals surface area contributed by atoms with Gasteiger partial charge >= 0.3 is 5.69 Å². The van der Waals surface area contributed by atoms with Gasteiger partial charge in [0, 0.05) is 37.6 Å². The zero-order valence-electron chi connectivity index (χ0n) is 18.3. The van der Waals surface area contributed by atoms with E-state index in [1.165, 1.54) is 4.57 Å². The molecule has 0 fully saturated rings. The highest BCUT2D eigenvalue weighted by molar-refractivity contribution is 5.76. The Morgan fingerprint density at radius 2 is 1.90 bits per heavy atom. The van der Waals surface area contributed by atoms with E-state index in [2.05, 4.69) is 19.9 Å². The first-order valence-electron chi connectivity index (χ1n) is 10.0. The number of rotatable bonds is 7. The predicted octanol–water partition coefficient (Wildman–Crippen LogP) is 1.81. The second kappa shape index (κ2) is 7.86. The lowest BCUT2D eigenvalue weighted by Gasteiger charge is -2.13. The lowest BCUT2D eigenvalue weighted by Crippen LogP contribution is -2.28. The summed E-state index contributed by atoms with van der Waals surface area (Å²) in [6.45, 7) is 5.37. The number of nitrogens with zero attached hydrogens (tertiary/aromatic N) is 4. The Morgan fingerprint density at radius 1 is 1.13 bits per heavy atom. The first kappa shape index (κ1) is 20.6. The second-order valence-electron chi connectivity index (χ2n) is 7.41. The molecule has 4 aromatic rings. The van der Waals surface area contributed by atoms with Gasteiger partial charge in [0.15, 0.2) is 11.2 Å². The largest absolute Gasteiger partial charge is 0.497 e. The zero-order valence-corrected chi connectivity index (χ0v) is 18.3. The van der Waals surface area contributed by atoms with Gasteiger partial charge in [-0.2, -0.15) is 4.98 Å². The summed E-state index contributed by atoms with van der Waals surface area (Å²) in [6, 6.07) is 5.64. The number of benzene rings is 1. The van der Waals surface area contributed by atoms with Gasteiger partial charge in [-0.25, -0.2) is 4.79 Å². The highest BCUT2D eigenvalue weighted by atomic mass is 16.5. The van der Waals surface area contributed by atoms with Crippen LogP contribution in [0.25, 0.3) is 16.9 Å². The number of imidazole rings is 2. The average molecular weight is 426 g/mol. The number of ether oxygens (including phenoxy) is 2. The topological polar surface area (TPSA) is 108 Å². The van der Waals surface area contributed by atoms with Gasteiger partial charge in [-0.05, 0) is 32.4 Å². The molecular formula is C21H26N6O4. The summed E-state index contributed by atoms with van der Waals surface area (Å²) in [5.74, 6) is 2.10. The molecule has 10 nitrogen and oxygen atoms in total. The van der Waals surface area contributed by atoms with Crippen LogP contribution in [-0.2, 0) is 13.6 Å². The first-order chi connectivity index (χ1) is 14.9. The second-order valence-corrected chi connectivity index (χ2v) is 7.41. The summed E-state index contributed by atoms with van der Waals surface area (Å²) in [7, 11) is 4.85. The number of nitrogens with one attached hydrogen (secondary N) is 2. The molecule has 3 aromatic heterocycles. The van der Waals surface area contributed by atoms with Gasteiger partial charge in [0.1, 0.15) is 11.5 Å². The van der Waals surface area contributed by atoms with Gasteiger partial charge in [-0.1, -0.05) is 0 Å². The number of aryl methyl sites for hydroxylation is 3. The SMILES string of the molecule is COc1ccc(NCCCn2c(C)c(C)n3c4c(=O)[nH]c(=O)n(C)c4nc23)c(OC)c1. The number of hydrogen-bond acceptors (Lipinski definition) is 6. The summed E-state index contributed by atoms with van der Waals surface area (Å²) in [6.07, 6.45) is 0.818. The van der Waals surface area contributed by atoms with Crippen molar-refractivity contribution in [2.45, 2.75) is 26.8 Å². The minimum atomic E-state index is -0.475. The molecule has 0 saturated carbocycles. The molecule has 0 atom stereocenters. The minimum absolute atomic E-state index is 0.377. The minimum Gasteiger partial charge on any atom is -0.497 e. The molecule has 0 aliphatic carbocycles. The van der Waals surface area contributed by atoms with Crippen molar-refractivity contribution < 1.29 is 9.47 Å². The van der Waals surface area contributed by atoms with Crippen LogP contribution in [0.4, 0.5) is 5.69 Å². The molecule has 0 bridgehead atoms. The lowest BCUT2D eigenvalue weighted by atomic mass is 10.2. The molecule has 0 radical (unpaired) electrons. The van der Waals surface area contributed by atoms with Crippen LogP contribution >= 0.6 is 0 Å². The molecule has 164 valence electrons. The summed E-state index contributed by atoms with van der Waals surface area (Å²) in [5.41, 5.74) is 2.70. The standard InChI is InChI=1S/C21H26N6O4/c1-12-13(2)27-17-18(25(3)21(29)24-19(17)28)23-20(27)26(12)10-6-9-22-15-8-7-14(30-4)11-16(15)31-5/h7-8,11,22H,6,9-10H2,1-5H3,(H,24,28,29). The molecule has 0 spiro atoms. The molecular weight excluding hydrogens is 400 g/mol. The molecule has 0 saturated heterocycles. The van der Waals surface area contributed by atoms with Crippen molar-refractivity contribution in [1.29, 1.82) is 0 Å². The maximum absolute atomic E-state index is 12.5. The number of aromatic amines is 1. The Hall–Kier alpha value is -3.69. The van der Waals surface area contributed by atoms with E-state index >= 15 is 0 Å². The molecule has 4 rings (SSSR count). The third-order valence-corrected chi connectivity index (χ3v) is 5.69. The quantitative estimate of drug-likeness (QED) is 0.437. The third kappa shape index (κ3) is 3.33. The molecule has 31 heavy (non-hydrogen) atoms. The van der Waals surface area contributed by atoms with Gasteiger partial charge in [0.25, 0.3) is 5.56 Å². The Labute approximate surface area is 178 Å². The Kier molecular flexibility index (Phi) is 5.22. The molecule has 0 aliphatic heterocycles. The van der Waals surface area contributed by atoms with Crippen LogP contribution in [0.2, 0.25) is 0 Å². The zero-order chi connectivity index (χ0) is 22.3. The first-order valence-corrected chi connectivity index (χ1v) is 10.0. The van der Waals surface area contributed by atoms with E-state index in [9.17, 15) is 9.59 Å². The van der Waals surface area contributed by atoms with E-state index in [0.717, 1.165) is 35.0 Å². The van der Waals surface area contributed by atoms with Crippen LogP contribution in [0.5, 0.6) is 11.5 Å². The van der Waals surface area contributed by atoms with Crippen LogP contribution in [0, 0.1) is 13.8 Å². The summed E-state index contributed by atoms with van der Waals surface area (Å²) in [5, 5.41) is 3.39. The molecule has 0 unspecified atom stereocenters. The van der Waals surface area contributed by atoms with Crippen molar-refractivity contribution in [2.75, 3.05) is 26.1 Å². The number of hydrogen-bond donors (Lipinski definition) is 2. The molecule has 0 aliphatic rings. The van der Waals surface area contributed by atoms with E-state index in [0.29, 0.717) is 30.0 Å². The Morgan fingerprint density at radius 3 is 2.61 bits per heavy atom. The molecule has 1 aromatic carbocycles. The number of fused-ring (bicyclic) bond motifs is 3. The Balaban J connectivity index is 1.60. The fourth-order valence-corrected chi connectivity index (χ4v) is 3.85. The lowest BCUT2D eigenvalue weighted by molar-refractivity contribution is 0.395. The van der Waals surface area contributed by atoms with Gasteiger partial charge in [-0.3, -0.25) is 18.7 Å². The van der Waals surface area contributed by atoms with Crippen LogP contribution in [0.15, 0.2) is 27.8 Å². The summed E-state index contributed by atoms with van der Waals surface area (Å²) in [4.78, 5) is 31.4. The fraction of sp³-hybridized carbons (Fsp3) is 0.381. The van der Waals surface area contributed by atoms with Gasteiger partial charge in [0.05, 0.1) is 19.9 Å². The van der Waals surface area contributed by atoms with Crippen molar-refractivity contribution >= 4 is 22.6 Å². The molecule has 0 amide bonds. The van der Waals surface area contributed by atoms with Gasteiger partial charge in [-0.15, -0.1) is 0 Å². The van der Waals surface area contributed by atoms with Crippen molar-refractivity contribution in [3.63, 3.8) is 0 Å². The van der Waals surface area contributed by atoms with Gasteiger partial charge < -0.3 is 19.4 Å². The number of anilines is 1. The molecule has 10 heteroatoms. The fourth-order valence-electron chi connectivity index (χ4n) is 3.85. The maximum Gasteiger partial charge on any atom is 0.329 e. The van der Waals surface area contributed by atoms with Crippen LogP contribution < -0.4 is 26.0 Å². The predicted molar refractivity (Wildman–Crippen MR) is 119 cm³/mol. The van der Waals surface area contributed by atoms with E-state index in [-0.39, 0.29) is 0 Å². The smallest absolute Gasteiger partial charge is 0.329 e. The summed E-state index contributed by atoms with van der Waals surface area (Å²) >= 11 is 0. The van der Waals surface area contributed by atoms with E-state index in [4.69, 9.17) is 9.47 Å². The van der Waals surface area contributed by atoms with E-state index < -0.39 is 11.2 Å². The van der Waals surface area contributed by atoms with Crippen molar-refractivity contribution in [1.82, 2.24) is 23.5 Å². The average Bonchev–Trinajstić information content (AvgIpc) is 3.26. The highest BCUT2D eigenvalue weighted by Crippen LogP contribution is 2.29. The monoisotopic (exact) mass is 426 g/mol. The van der Waals surface area contributed by atoms with Crippen LogP contribution in [0.3, 0.4) is 0 Å². The molecule has 2 N–H and O–H groups in total. The van der Waals surface area contributed by atoms with Crippen LogP contribution in [-0.4, -0.2) is 44.3 Å². The van der Waals surface area contributed by atoms with E-state index in [1.54, 1.807) is 21.3 Å². The third-order valence-electron chi connectivity index (χ3n) is 5.69. The normalized spacial score (nSPS) is 11.4. The number of H-pyrrole nitrogens is 1. The van der Waals surface area contributed by atoms with Crippen LogP contribution in [0.1, 0.15) is 17.8 Å². The van der Waals surface area contributed by atoms with E-state index in [1.807, 2.05) is 36.4 Å². The Bertz CT molecular complexity index is 1390. The van der Waals surface area contributed by atoms with Crippen molar-refractivity contribution in [3.8, 4) is 11.5 Å².